The van der Waals surface area contributed by atoms with Crippen molar-refractivity contribution >= 4 is 29.3 Å². The number of nitrogens with two attached hydrogens (primary N) is 1. The zero-order chi connectivity index (χ0) is 16.4. The molecule has 6 nitrogen and oxygen atoms in total. The Bertz CT molecular complexity index is 708. The summed E-state index contributed by atoms with van der Waals surface area (Å²) in [6.45, 7) is 4.22. The van der Waals surface area contributed by atoms with E-state index in [2.05, 4.69) is 29.4 Å². The zero-order valence-corrected chi connectivity index (χ0v) is 14.1. The molecule has 3 N–H and O–H groups in total. The summed E-state index contributed by atoms with van der Waals surface area (Å²) in [6, 6.07) is 8.29. The Morgan fingerprint density at radius 3 is 2.83 bits per heavy atom. The van der Waals surface area contributed by atoms with E-state index in [9.17, 15) is 4.79 Å². The van der Waals surface area contributed by atoms with Crippen LogP contribution in [0, 0.1) is 0 Å². The number of thioether (sulfide) groups is 1. The highest BCUT2D eigenvalue weighted by atomic mass is 32.2. The highest BCUT2D eigenvalue weighted by Gasteiger charge is 2.29. The number of amides is 1. The van der Waals surface area contributed by atoms with Crippen LogP contribution < -0.4 is 11.1 Å². The van der Waals surface area contributed by atoms with E-state index >= 15 is 0 Å². The molecule has 7 heteroatoms. The van der Waals surface area contributed by atoms with Crippen molar-refractivity contribution in [3.8, 4) is 0 Å². The van der Waals surface area contributed by atoms with Crippen LogP contribution in [0.15, 0.2) is 29.4 Å². The standard InChI is InChI=1S/C16H21N5OS/c1-10(2)12-5-3-4-6-13(12)18-14(22)9-23-16-20-19-15(17)21(16)11-7-8-11/h3-6,10-11H,7-9H2,1-2H3,(H2,17,19)(H,18,22). The number of nitrogen functional groups attached to an aromatic ring is 1. The predicted molar refractivity (Wildman–Crippen MR) is 92.6 cm³/mol. The minimum absolute atomic E-state index is 0.0491. The van der Waals surface area contributed by atoms with Crippen molar-refractivity contribution < 1.29 is 4.79 Å². The molecule has 1 aliphatic carbocycles. The SMILES string of the molecule is CC(C)c1ccccc1NC(=O)CSc1nnc(N)n1C1CC1. The van der Waals surface area contributed by atoms with Gasteiger partial charge in [0.25, 0.3) is 0 Å². The zero-order valence-electron chi connectivity index (χ0n) is 13.3. The van der Waals surface area contributed by atoms with Gasteiger partial charge < -0.3 is 11.1 Å². The lowest BCUT2D eigenvalue weighted by Crippen LogP contribution is -2.16. The third-order valence-electron chi connectivity index (χ3n) is 3.79. The number of carbonyl (C=O) groups excluding carboxylic acids is 1. The van der Waals surface area contributed by atoms with E-state index < -0.39 is 0 Å². The Kier molecular flexibility index (Phi) is 4.56. The van der Waals surface area contributed by atoms with Gasteiger partial charge in [-0.1, -0.05) is 43.8 Å². The maximum atomic E-state index is 12.2. The number of hydrogen-bond donors (Lipinski definition) is 2. The fraction of sp³-hybridized carbons (Fsp3) is 0.438. The van der Waals surface area contributed by atoms with Gasteiger partial charge in [-0.25, -0.2) is 0 Å². The van der Waals surface area contributed by atoms with Gasteiger partial charge in [-0.2, -0.15) is 0 Å². The second kappa shape index (κ2) is 6.62. The van der Waals surface area contributed by atoms with Gasteiger partial charge in [0.05, 0.1) is 5.75 Å². The first-order chi connectivity index (χ1) is 11.1. The molecule has 1 heterocycles. The second-order valence-electron chi connectivity index (χ2n) is 6.02. The van der Waals surface area contributed by atoms with Gasteiger partial charge in [0.1, 0.15) is 0 Å². The number of benzene rings is 1. The van der Waals surface area contributed by atoms with Gasteiger partial charge in [-0.3, -0.25) is 9.36 Å². The maximum absolute atomic E-state index is 12.2. The molecular weight excluding hydrogens is 310 g/mol. The Morgan fingerprint density at radius 1 is 1.39 bits per heavy atom. The summed E-state index contributed by atoms with van der Waals surface area (Å²) in [5, 5.41) is 11.7. The highest BCUT2D eigenvalue weighted by Crippen LogP contribution is 2.39. The summed E-state index contributed by atoms with van der Waals surface area (Å²) in [4.78, 5) is 12.2. The number of nitrogens with one attached hydrogen (secondary N) is 1. The normalized spacial score (nSPS) is 14.2. The first-order valence-electron chi connectivity index (χ1n) is 7.78. The lowest BCUT2D eigenvalue weighted by atomic mass is 10.0. The number of para-hydroxylation sites is 1. The molecule has 0 unspecified atom stereocenters. The van der Waals surface area contributed by atoms with Crippen molar-refractivity contribution in [3.05, 3.63) is 29.8 Å². The number of carbonyl (C=O) groups is 1. The molecule has 3 rings (SSSR count). The Balaban J connectivity index is 1.62. The molecule has 0 radical (unpaired) electrons. The van der Waals surface area contributed by atoms with E-state index in [1.807, 2.05) is 28.8 Å². The van der Waals surface area contributed by atoms with Gasteiger partial charge in [0.2, 0.25) is 11.9 Å². The van der Waals surface area contributed by atoms with E-state index in [-0.39, 0.29) is 11.7 Å². The molecule has 1 saturated carbocycles. The van der Waals surface area contributed by atoms with Crippen molar-refractivity contribution in [2.24, 2.45) is 0 Å². The largest absolute Gasteiger partial charge is 0.368 e. The quantitative estimate of drug-likeness (QED) is 0.795. The maximum Gasteiger partial charge on any atom is 0.234 e. The van der Waals surface area contributed by atoms with E-state index in [0.717, 1.165) is 29.2 Å². The molecular formula is C16H21N5OS. The van der Waals surface area contributed by atoms with Crippen LogP contribution in [0.4, 0.5) is 11.6 Å². The third-order valence-corrected chi connectivity index (χ3v) is 4.74. The van der Waals surface area contributed by atoms with Crippen molar-refractivity contribution in [3.63, 3.8) is 0 Å². The van der Waals surface area contributed by atoms with Crippen molar-refractivity contribution in [1.82, 2.24) is 14.8 Å². The minimum atomic E-state index is -0.0491. The van der Waals surface area contributed by atoms with Crippen LogP contribution in [0.2, 0.25) is 0 Å². The van der Waals surface area contributed by atoms with E-state index in [1.165, 1.54) is 11.8 Å². The molecule has 0 atom stereocenters. The monoisotopic (exact) mass is 331 g/mol. The molecule has 23 heavy (non-hydrogen) atoms. The first-order valence-corrected chi connectivity index (χ1v) is 8.76. The second-order valence-corrected chi connectivity index (χ2v) is 6.96. The third kappa shape index (κ3) is 3.67. The summed E-state index contributed by atoms with van der Waals surface area (Å²) in [5.41, 5.74) is 7.85. The van der Waals surface area contributed by atoms with Crippen LogP contribution in [-0.4, -0.2) is 26.4 Å². The highest BCUT2D eigenvalue weighted by molar-refractivity contribution is 7.99. The average molecular weight is 331 g/mol. The van der Waals surface area contributed by atoms with Crippen molar-refractivity contribution in [2.45, 2.75) is 43.8 Å². The molecule has 122 valence electrons. The van der Waals surface area contributed by atoms with Crippen LogP contribution in [0.1, 0.15) is 44.2 Å². The summed E-state index contributed by atoms with van der Waals surface area (Å²) in [6.07, 6.45) is 2.20. The van der Waals surface area contributed by atoms with Crippen molar-refractivity contribution in [2.75, 3.05) is 16.8 Å². The van der Waals surface area contributed by atoms with Crippen molar-refractivity contribution in [1.29, 1.82) is 0 Å². The van der Waals surface area contributed by atoms with Gasteiger partial charge in [0, 0.05) is 11.7 Å². The molecule has 0 saturated heterocycles. The topological polar surface area (TPSA) is 85.8 Å². The molecule has 0 spiro atoms. The molecule has 0 aliphatic heterocycles. The molecule has 0 bridgehead atoms. The number of aromatic nitrogens is 3. The minimum Gasteiger partial charge on any atom is -0.368 e. The molecule has 1 fully saturated rings. The number of nitrogens with zero attached hydrogens (tertiary/aromatic N) is 3. The summed E-state index contributed by atoms with van der Waals surface area (Å²) >= 11 is 1.38. The van der Waals surface area contributed by atoms with E-state index in [4.69, 9.17) is 5.73 Å². The fourth-order valence-electron chi connectivity index (χ4n) is 2.49. The van der Waals surface area contributed by atoms with Crippen LogP contribution in [-0.2, 0) is 4.79 Å². The van der Waals surface area contributed by atoms with Crippen LogP contribution in [0.3, 0.4) is 0 Å². The molecule has 1 aromatic heterocycles. The van der Waals surface area contributed by atoms with Gasteiger partial charge in [0.15, 0.2) is 5.16 Å². The smallest absolute Gasteiger partial charge is 0.234 e. The molecule has 1 aliphatic rings. The summed E-state index contributed by atoms with van der Waals surface area (Å²) in [5.74, 6) is 1.03. The van der Waals surface area contributed by atoms with Gasteiger partial charge >= 0.3 is 0 Å². The lowest BCUT2D eigenvalue weighted by molar-refractivity contribution is -0.113. The first kappa shape index (κ1) is 15.9. The number of hydrogen-bond acceptors (Lipinski definition) is 5. The fourth-order valence-corrected chi connectivity index (χ4v) is 3.31. The van der Waals surface area contributed by atoms with Crippen LogP contribution in [0.25, 0.3) is 0 Å². The Morgan fingerprint density at radius 2 is 2.13 bits per heavy atom. The summed E-state index contributed by atoms with van der Waals surface area (Å²) in [7, 11) is 0. The van der Waals surface area contributed by atoms with Gasteiger partial charge in [-0.05, 0) is 30.4 Å². The van der Waals surface area contributed by atoms with Crippen LogP contribution >= 0.6 is 11.8 Å². The van der Waals surface area contributed by atoms with Gasteiger partial charge in [-0.15, -0.1) is 10.2 Å². The average Bonchev–Trinajstić information content (AvgIpc) is 3.29. The molecule has 1 aromatic carbocycles. The van der Waals surface area contributed by atoms with E-state index in [0.29, 0.717) is 17.9 Å². The van der Waals surface area contributed by atoms with Crippen LogP contribution in [0.5, 0.6) is 0 Å². The number of rotatable bonds is 6. The molecule has 1 amide bonds. The Hall–Kier alpha value is -2.02. The Labute approximate surface area is 139 Å². The molecule has 2 aromatic rings. The predicted octanol–water partition coefficient (Wildman–Crippen LogP) is 3.05. The lowest BCUT2D eigenvalue weighted by Gasteiger charge is -2.13. The van der Waals surface area contributed by atoms with E-state index in [1.54, 1.807) is 0 Å². The summed E-state index contributed by atoms with van der Waals surface area (Å²) < 4.78 is 1.93. The number of anilines is 2.